The molecule has 0 amide bonds. The fraction of sp³-hybridized carbons (Fsp3) is 0.550. The summed E-state index contributed by atoms with van der Waals surface area (Å²) in [6, 6.07) is 1.65. The molecule has 2 aliphatic heterocycles. The molecule has 11 heteroatoms. The van der Waals surface area contributed by atoms with Gasteiger partial charge < -0.3 is 10.4 Å². The van der Waals surface area contributed by atoms with Crippen molar-refractivity contribution < 1.29 is 18.3 Å². The van der Waals surface area contributed by atoms with Crippen LogP contribution in [0, 0.1) is 0 Å². The van der Waals surface area contributed by atoms with Crippen LogP contribution >= 0.6 is 0 Å². The van der Waals surface area contributed by atoms with Crippen molar-refractivity contribution in [1.82, 2.24) is 30.0 Å². The van der Waals surface area contributed by atoms with Crippen LogP contribution in [0.5, 0.6) is 0 Å². The van der Waals surface area contributed by atoms with E-state index in [9.17, 15) is 18.3 Å². The van der Waals surface area contributed by atoms with Gasteiger partial charge in [0, 0.05) is 31.5 Å². The van der Waals surface area contributed by atoms with Gasteiger partial charge in [0.2, 0.25) is 5.95 Å². The minimum Gasteiger partial charge on any atom is -0.365 e. The summed E-state index contributed by atoms with van der Waals surface area (Å²) in [5.41, 5.74) is 0.616. The summed E-state index contributed by atoms with van der Waals surface area (Å²) >= 11 is 0. The number of nitrogens with zero attached hydrogens (tertiary/aromatic N) is 5. The lowest BCUT2D eigenvalue weighted by atomic mass is 9.98. The first kappa shape index (κ1) is 20.4. The zero-order chi connectivity index (χ0) is 21.8. The lowest BCUT2D eigenvalue weighted by Gasteiger charge is -2.39. The molecule has 4 heterocycles. The molecule has 2 aromatic heterocycles. The van der Waals surface area contributed by atoms with Crippen LogP contribution in [0.15, 0.2) is 30.7 Å². The average Bonchev–Trinajstić information content (AvgIpc) is 3.33. The Labute approximate surface area is 177 Å². The van der Waals surface area contributed by atoms with Crippen molar-refractivity contribution in [3.63, 3.8) is 0 Å². The number of aliphatic hydroxyl groups excluding tert-OH is 1. The summed E-state index contributed by atoms with van der Waals surface area (Å²) in [5.74, 6) is 0.448. The van der Waals surface area contributed by atoms with Gasteiger partial charge in [-0.05, 0) is 43.7 Å². The van der Waals surface area contributed by atoms with E-state index in [0.29, 0.717) is 12.4 Å². The first-order valence-corrected chi connectivity index (χ1v) is 10.3. The van der Waals surface area contributed by atoms with Crippen molar-refractivity contribution in [1.29, 1.82) is 0 Å². The van der Waals surface area contributed by atoms with Crippen molar-refractivity contribution in [2.45, 2.75) is 62.3 Å². The van der Waals surface area contributed by atoms with Crippen molar-refractivity contribution in [3.05, 3.63) is 36.4 Å². The molecule has 0 aromatic carbocycles. The second-order valence-corrected chi connectivity index (χ2v) is 8.53. The molecule has 0 radical (unpaired) electrons. The molecule has 8 nitrogen and oxygen atoms in total. The standard InChI is InChI=1S/C20H24F3N7O/c1-29-11-13(10-25-29)26-17-24-7-4-16(27-17)12-8-14-2-3-15(9-12)30(14)18(31)28-19(5-6-19)20(21,22)23/h4,7-8,10-11,14-15,18,28,31H,2-3,5-6,9H2,1H3,(H,24,26,27). The van der Waals surface area contributed by atoms with Crippen LogP contribution in [0.4, 0.5) is 24.8 Å². The molecule has 166 valence electrons. The molecule has 31 heavy (non-hydrogen) atoms. The molecule has 2 fully saturated rings. The van der Waals surface area contributed by atoms with Gasteiger partial charge in [-0.1, -0.05) is 6.08 Å². The predicted molar refractivity (Wildman–Crippen MR) is 107 cm³/mol. The summed E-state index contributed by atoms with van der Waals surface area (Å²) in [4.78, 5) is 10.6. The molecule has 2 aromatic rings. The van der Waals surface area contributed by atoms with Gasteiger partial charge in [0.15, 0.2) is 6.35 Å². The smallest absolute Gasteiger partial charge is 0.365 e. The number of aliphatic hydroxyl groups is 1. The van der Waals surface area contributed by atoms with E-state index in [2.05, 4.69) is 25.7 Å². The van der Waals surface area contributed by atoms with E-state index >= 15 is 0 Å². The van der Waals surface area contributed by atoms with Crippen LogP contribution in [0.25, 0.3) is 5.57 Å². The predicted octanol–water partition coefficient (Wildman–Crippen LogP) is 2.53. The molecule has 5 rings (SSSR count). The second kappa shape index (κ2) is 7.28. The van der Waals surface area contributed by atoms with Crippen molar-refractivity contribution >= 4 is 17.2 Å². The third-order valence-electron chi connectivity index (χ3n) is 6.38. The number of nitrogens with one attached hydrogen (secondary N) is 2. The van der Waals surface area contributed by atoms with Gasteiger partial charge in [0.1, 0.15) is 5.54 Å². The Morgan fingerprint density at radius 3 is 2.74 bits per heavy atom. The monoisotopic (exact) mass is 435 g/mol. The SMILES string of the molecule is Cn1cc(Nc2nccc(C3=CC4CCC(C3)N4C(O)NC3(C(F)(F)F)CC3)n2)cn1. The molecule has 0 spiro atoms. The fourth-order valence-electron chi connectivity index (χ4n) is 4.60. The Balaban J connectivity index is 1.32. The van der Waals surface area contributed by atoms with Crippen LogP contribution in [0.1, 0.15) is 37.8 Å². The number of hydrogen-bond donors (Lipinski definition) is 3. The highest BCUT2D eigenvalue weighted by molar-refractivity contribution is 5.66. The molecule has 3 N–H and O–H groups in total. The van der Waals surface area contributed by atoms with Gasteiger partial charge in [0.25, 0.3) is 0 Å². The van der Waals surface area contributed by atoms with Gasteiger partial charge >= 0.3 is 6.18 Å². The minimum atomic E-state index is -4.36. The van der Waals surface area contributed by atoms with Gasteiger partial charge in [-0.3, -0.25) is 14.9 Å². The van der Waals surface area contributed by atoms with Gasteiger partial charge in [-0.25, -0.2) is 9.97 Å². The molecule has 3 aliphatic rings. The van der Waals surface area contributed by atoms with Crippen LogP contribution in [0.2, 0.25) is 0 Å². The number of aryl methyl sites for hydroxylation is 1. The van der Waals surface area contributed by atoms with E-state index in [0.717, 1.165) is 29.8 Å². The van der Waals surface area contributed by atoms with E-state index in [1.165, 1.54) is 0 Å². The molecule has 1 aliphatic carbocycles. The largest absolute Gasteiger partial charge is 0.406 e. The van der Waals surface area contributed by atoms with Crippen LogP contribution < -0.4 is 10.6 Å². The summed E-state index contributed by atoms with van der Waals surface area (Å²) < 4.78 is 41.5. The maximum absolute atomic E-state index is 13.3. The van der Waals surface area contributed by atoms with Crippen molar-refractivity contribution in [2.24, 2.45) is 7.05 Å². The molecule has 2 bridgehead atoms. The highest BCUT2D eigenvalue weighted by Crippen LogP contribution is 2.50. The highest BCUT2D eigenvalue weighted by atomic mass is 19.4. The van der Waals surface area contributed by atoms with Crippen molar-refractivity contribution in [3.8, 4) is 0 Å². The number of anilines is 2. The van der Waals surface area contributed by atoms with Crippen LogP contribution in [-0.2, 0) is 7.05 Å². The first-order chi connectivity index (χ1) is 14.7. The summed E-state index contributed by atoms with van der Waals surface area (Å²) in [6.07, 6.45) is 3.71. The lowest BCUT2D eigenvalue weighted by Crippen LogP contribution is -2.59. The molecule has 3 atom stereocenters. The topological polar surface area (TPSA) is 91.1 Å². The Kier molecular flexibility index (Phi) is 4.79. The Hall–Kier alpha value is -2.50. The maximum Gasteiger partial charge on any atom is 0.406 e. The molecule has 3 unspecified atom stereocenters. The van der Waals surface area contributed by atoms with E-state index in [1.54, 1.807) is 22.0 Å². The first-order valence-electron chi connectivity index (χ1n) is 10.3. The number of fused-ring (bicyclic) bond motifs is 2. The Morgan fingerprint density at radius 1 is 1.29 bits per heavy atom. The third-order valence-corrected chi connectivity index (χ3v) is 6.38. The highest BCUT2D eigenvalue weighted by Gasteiger charge is 2.64. The average molecular weight is 435 g/mol. The normalized spacial score (nSPS) is 25.9. The quantitative estimate of drug-likeness (QED) is 0.601. The minimum absolute atomic E-state index is 0.00543. The number of hydrogen-bond acceptors (Lipinski definition) is 7. The number of aromatic nitrogens is 4. The van der Waals surface area contributed by atoms with E-state index < -0.39 is 18.1 Å². The Bertz CT molecular complexity index is 1000. The summed E-state index contributed by atoms with van der Waals surface area (Å²) in [7, 11) is 1.82. The molecule has 1 saturated carbocycles. The molecular weight excluding hydrogens is 411 g/mol. The van der Waals surface area contributed by atoms with E-state index in [-0.39, 0.29) is 24.9 Å². The third kappa shape index (κ3) is 3.81. The zero-order valence-electron chi connectivity index (χ0n) is 17.0. The second-order valence-electron chi connectivity index (χ2n) is 8.53. The fourth-order valence-corrected chi connectivity index (χ4v) is 4.60. The van der Waals surface area contributed by atoms with Crippen LogP contribution in [0.3, 0.4) is 0 Å². The zero-order valence-corrected chi connectivity index (χ0v) is 17.0. The molecule has 1 saturated heterocycles. The number of halogens is 3. The number of rotatable bonds is 6. The van der Waals surface area contributed by atoms with Gasteiger partial charge in [0.05, 0.1) is 17.6 Å². The summed E-state index contributed by atoms with van der Waals surface area (Å²) in [6.45, 7) is 0. The molecular formula is C20H24F3N7O. The van der Waals surface area contributed by atoms with Crippen LogP contribution in [-0.4, -0.2) is 59.9 Å². The van der Waals surface area contributed by atoms with Crippen molar-refractivity contribution in [2.75, 3.05) is 5.32 Å². The van der Waals surface area contributed by atoms with E-state index in [1.807, 2.05) is 25.4 Å². The van der Waals surface area contributed by atoms with E-state index in [4.69, 9.17) is 0 Å². The Morgan fingerprint density at radius 2 is 2.10 bits per heavy atom. The number of alkyl halides is 3. The van der Waals surface area contributed by atoms with Gasteiger partial charge in [-0.2, -0.15) is 18.3 Å². The van der Waals surface area contributed by atoms with Gasteiger partial charge in [-0.15, -0.1) is 0 Å². The summed E-state index contributed by atoms with van der Waals surface area (Å²) in [5, 5.41) is 20.3. The lowest BCUT2D eigenvalue weighted by molar-refractivity contribution is -0.185. The maximum atomic E-state index is 13.3.